The van der Waals surface area contributed by atoms with Gasteiger partial charge in [0.15, 0.2) is 0 Å². The van der Waals surface area contributed by atoms with Crippen molar-refractivity contribution in [2.75, 3.05) is 6.61 Å². The van der Waals surface area contributed by atoms with Crippen LogP contribution in [0.4, 0.5) is 0 Å². The van der Waals surface area contributed by atoms with Crippen molar-refractivity contribution in [1.29, 1.82) is 0 Å². The molecule has 1 rings (SSSR count). The number of carbonyl (C=O) groups is 1. The predicted octanol–water partition coefficient (Wildman–Crippen LogP) is 0.895. The van der Waals surface area contributed by atoms with E-state index in [0.717, 1.165) is 6.07 Å². The van der Waals surface area contributed by atoms with Crippen molar-refractivity contribution < 1.29 is 23.4 Å². The Bertz CT molecular complexity index is 570. The fourth-order valence-electron chi connectivity index (χ4n) is 1.41. The lowest BCUT2D eigenvalue weighted by atomic mass is 10.2. The minimum Gasteiger partial charge on any atom is -0.478 e. The molecule has 1 unspecified atom stereocenters. The summed E-state index contributed by atoms with van der Waals surface area (Å²) in [7, 11) is -3.93. The maximum absolute atomic E-state index is 11.2. The minimum absolute atomic E-state index is 0.00579. The van der Waals surface area contributed by atoms with Crippen LogP contribution in [0.2, 0.25) is 0 Å². The van der Waals surface area contributed by atoms with E-state index in [9.17, 15) is 13.2 Å². The van der Waals surface area contributed by atoms with Gasteiger partial charge in [-0.3, -0.25) is 0 Å². The van der Waals surface area contributed by atoms with Gasteiger partial charge in [-0.15, -0.1) is 11.8 Å². The number of aromatic carboxylic acids is 1. The lowest BCUT2D eigenvalue weighted by Crippen LogP contribution is -2.13. The van der Waals surface area contributed by atoms with E-state index in [1.54, 1.807) is 0 Å². The third-order valence-corrected chi connectivity index (χ3v) is 4.53. The topological polar surface area (TPSA) is 118 Å². The summed E-state index contributed by atoms with van der Waals surface area (Å²) in [5, 5.41) is 22.9. The standard InChI is InChI=1S/C11H15NO5S2/c1-7(4-5-13)18-10-3-2-8(19(12,16)17)6-9(10)11(14)15/h2-3,6-7,13H,4-5H2,1H3,(H,14,15)(H2,12,16,17). The van der Waals surface area contributed by atoms with Crippen LogP contribution in [0.15, 0.2) is 28.0 Å². The van der Waals surface area contributed by atoms with Crippen LogP contribution >= 0.6 is 11.8 Å². The molecule has 0 bridgehead atoms. The van der Waals surface area contributed by atoms with Crippen LogP contribution in [-0.4, -0.2) is 36.5 Å². The molecule has 19 heavy (non-hydrogen) atoms. The number of hydrogen-bond acceptors (Lipinski definition) is 5. The summed E-state index contributed by atoms with van der Waals surface area (Å²) in [4.78, 5) is 11.4. The molecule has 0 aliphatic carbocycles. The van der Waals surface area contributed by atoms with Crippen LogP contribution in [0, 0.1) is 0 Å². The van der Waals surface area contributed by atoms with Crippen molar-refractivity contribution >= 4 is 27.8 Å². The molecule has 0 aromatic heterocycles. The van der Waals surface area contributed by atoms with E-state index < -0.39 is 16.0 Å². The molecule has 0 aliphatic rings. The number of rotatable bonds is 6. The smallest absolute Gasteiger partial charge is 0.336 e. The van der Waals surface area contributed by atoms with Crippen LogP contribution in [0.1, 0.15) is 23.7 Å². The number of sulfonamides is 1. The fourth-order valence-corrected chi connectivity index (χ4v) is 3.03. The Kier molecular flexibility index (Phi) is 5.36. The summed E-state index contributed by atoms with van der Waals surface area (Å²) in [6.45, 7) is 1.85. The quantitative estimate of drug-likeness (QED) is 0.672. The summed E-state index contributed by atoms with van der Waals surface area (Å²) in [6, 6.07) is 3.74. The van der Waals surface area contributed by atoms with Gasteiger partial charge >= 0.3 is 5.97 Å². The van der Waals surface area contributed by atoms with E-state index in [2.05, 4.69) is 0 Å². The number of nitrogens with two attached hydrogens (primary N) is 1. The first kappa shape index (κ1) is 16.0. The van der Waals surface area contributed by atoms with Crippen molar-refractivity contribution in [3.63, 3.8) is 0 Å². The van der Waals surface area contributed by atoms with Gasteiger partial charge in [0, 0.05) is 16.8 Å². The summed E-state index contributed by atoms with van der Waals surface area (Å²) < 4.78 is 22.4. The number of thioether (sulfide) groups is 1. The van der Waals surface area contributed by atoms with E-state index in [4.69, 9.17) is 15.4 Å². The number of carboxylic acids is 1. The number of aliphatic hydroxyl groups is 1. The highest BCUT2D eigenvalue weighted by Gasteiger charge is 2.17. The molecule has 0 amide bonds. The van der Waals surface area contributed by atoms with Gasteiger partial charge in [-0.1, -0.05) is 6.92 Å². The summed E-state index contributed by atoms with van der Waals surface area (Å²) in [5.74, 6) is -1.22. The second kappa shape index (κ2) is 6.38. The van der Waals surface area contributed by atoms with Crippen LogP contribution in [0.3, 0.4) is 0 Å². The third-order valence-electron chi connectivity index (χ3n) is 2.37. The maximum atomic E-state index is 11.2. The number of primary sulfonamides is 1. The lowest BCUT2D eigenvalue weighted by Gasteiger charge is -2.12. The van der Waals surface area contributed by atoms with E-state index in [1.807, 2.05) is 6.92 Å². The van der Waals surface area contributed by atoms with Gasteiger partial charge in [-0.05, 0) is 24.6 Å². The molecule has 0 saturated heterocycles. The molecule has 106 valence electrons. The molecule has 0 aliphatic heterocycles. The Hall–Kier alpha value is -1.09. The maximum Gasteiger partial charge on any atom is 0.336 e. The van der Waals surface area contributed by atoms with Crippen molar-refractivity contribution in [2.24, 2.45) is 5.14 Å². The van der Waals surface area contributed by atoms with Crippen molar-refractivity contribution in [1.82, 2.24) is 0 Å². The zero-order valence-electron chi connectivity index (χ0n) is 10.2. The molecule has 0 saturated carbocycles. The zero-order chi connectivity index (χ0) is 14.6. The molecule has 1 aromatic carbocycles. The van der Waals surface area contributed by atoms with Gasteiger partial charge in [0.05, 0.1) is 10.5 Å². The summed E-state index contributed by atoms with van der Waals surface area (Å²) in [6.07, 6.45) is 0.515. The highest BCUT2D eigenvalue weighted by molar-refractivity contribution is 8.00. The molecule has 1 atom stereocenters. The molecule has 0 fully saturated rings. The molecular formula is C11H15NO5S2. The van der Waals surface area contributed by atoms with Crippen LogP contribution < -0.4 is 5.14 Å². The summed E-state index contributed by atoms with van der Waals surface area (Å²) in [5.41, 5.74) is -0.110. The van der Waals surface area contributed by atoms with Gasteiger partial charge < -0.3 is 10.2 Å². The Balaban J connectivity index is 3.16. The Morgan fingerprint density at radius 2 is 2.11 bits per heavy atom. The first-order chi connectivity index (χ1) is 8.75. The van der Waals surface area contributed by atoms with Crippen LogP contribution in [0.25, 0.3) is 0 Å². The second-order valence-electron chi connectivity index (χ2n) is 3.95. The first-order valence-electron chi connectivity index (χ1n) is 5.43. The zero-order valence-corrected chi connectivity index (χ0v) is 11.9. The van der Waals surface area contributed by atoms with E-state index >= 15 is 0 Å². The number of hydrogen-bond donors (Lipinski definition) is 3. The molecule has 0 heterocycles. The van der Waals surface area contributed by atoms with Crippen molar-refractivity contribution in [3.05, 3.63) is 23.8 Å². The van der Waals surface area contributed by atoms with Crippen LogP contribution in [0.5, 0.6) is 0 Å². The molecule has 0 spiro atoms. The molecular weight excluding hydrogens is 290 g/mol. The number of carboxylic acid groups (broad SMARTS) is 1. The van der Waals surface area contributed by atoms with Gasteiger partial charge in [0.25, 0.3) is 0 Å². The van der Waals surface area contributed by atoms with Crippen LogP contribution in [-0.2, 0) is 10.0 Å². The SMILES string of the molecule is CC(CCO)Sc1ccc(S(N)(=O)=O)cc1C(=O)O. The monoisotopic (exact) mass is 305 g/mol. The minimum atomic E-state index is -3.93. The van der Waals surface area contributed by atoms with E-state index in [0.29, 0.717) is 11.3 Å². The van der Waals surface area contributed by atoms with Gasteiger partial charge in [0.1, 0.15) is 0 Å². The third kappa shape index (κ3) is 4.50. The van der Waals surface area contributed by atoms with Gasteiger partial charge in [0.2, 0.25) is 10.0 Å². The lowest BCUT2D eigenvalue weighted by molar-refractivity contribution is 0.0693. The number of aliphatic hydroxyl groups excluding tert-OH is 1. The van der Waals surface area contributed by atoms with Crippen molar-refractivity contribution in [2.45, 2.75) is 28.4 Å². The van der Waals surface area contributed by atoms with Gasteiger partial charge in [-0.25, -0.2) is 18.4 Å². The van der Waals surface area contributed by atoms with Gasteiger partial charge in [-0.2, -0.15) is 0 Å². The molecule has 1 aromatic rings. The number of benzene rings is 1. The highest BCUT2D eigenvalue weighted by Crippen LogP contribution is 2.30. The Morgan fingerprint density at radius 3 is 2.58 bits per heavy atom. The van der Waals surface area contributed by atoms with E-state index in [1.165, 1.54) is 23.9 Å². The second-order valence-corrected chi connectivity index (χ2v) is 6.99. The van der Waals surface area contributed by atoms with E-state index in [-0.39, 0.29) is 22.3 Å². The Morgan fingerprint density at radius 1 is 1.47 bits per heavy atom. The summed E-state index contributed by atoms with van der Waals surface area (Å²) >= 11 is 1.27. The Labute approximate surface area is 115 Å². The van der Waals surface area contributed by atoms with Crippen molar-refractivity contribution in [3.8, 4) is 0 Å². The largest absolute Gasteiger partial charge is 0.478 e. The normalized spacial score (nSPS) is 13.2. The molecule has 4 N–H and O–H groups in total. The first-order valence-corrected chi connectivity index (χ1v) is 7.86. The average molecular weight is 305 g/mol. The predicted molar refractivity (Wildman–Crippen MR) is 71.8 cm³/mol. The highest BCUT2D eigenvalue weighted by atomic mass is 32.2. The molecule has 6 nitrogen and oxygen atoms in total. The average Bonchev–Trinajstić information content (AvgIpc) is 2.27. The molecule has 0 radical (unpaired) electrons. The molecule has 8 heteroatoms. The fraction of sp³-hybridized carbons (Fsp3) is 0.364.